The van der Waals surface area contributed by atoms with Crippen LogP contribution in [0.5, 0.6) is 0 Å². The molecule has 2 amide bonds. The number of rotatable bonds is 7. The fraction of sp³-hybridized carbons (Fsp3) is 0.632. The van der Waals surface area contributed by atoms with Gasteiger partial charge in [-0.15, -0.1) is 0 Å². The Morgan fingerprint density at radius 2 is 2.04 bits per heavy atom. The van der Waals surface area contributed by atoms with E-state index in [1.54, 1.807) is 24.1 Å². The van der Waals surface area contributed by atoms with Crippen molar-refractivity contribution >= 4 is 17.8 Å². The van der Waals surface area contributed by atoms with Gasteiger partial charge in [-0.25, -0.2) is 9.78 Å². The molecule has 7 nitrogen and oxygen atoms in total. The molecular formula is C19H30N4O3. The van der Waals surface area contributed by atoms with E-state index in [-0.39, 0.29) is 18.0 Å². The zero-order valence-electron chi connectivity index (χ0n) is 16.0. The van der Waals surface area contributed by atoms with E-state index in [1.807, 2.05) is 6.07 Å². The highest BCUT2D eigenvalue weighted by Crippen LogP contribution is 2.13. The van der Waals surface area contributed by atoms with E-state index in [4.69, 9.17) is 4.74 Å². The summed E-state index contributed by atoms with van der Waals surface area (Å²) in [5.41, 5.74) is 0.548. The van der Waals surface area contributed by atoms with Crippen molar-refractivity contribution in [1.29, 1.82) is 0 Å². The summed E-state index contributed by atoms with van der Waals surface area (Å²) in [6, 6.07) is 3.68. The Kier molecular flexibility index (Phi) is 7.69. The molecule has 1 aliphatic heterocycles. The van der Waals surface area contributed by atoms with E-state index in [0.717, 1.165) is 31.6 Å². The van der Waals surface area contributed by atoms with Crippen molar-refractivity contribution in [2.75, 3.05) is 31.6 Å². The number of anilines is 1. The summed E-state index contributed by atoms with van der Waals surface area (Å²) in [4.78, 5) is 30.1. The van der Waals surface area contributed by atoms with E-state index in [9.17, 15) is 9.59 Å². The first-order valence-corrected chi connectivity index (χ1v) is 9.42. The van der Waals surface area contributed by atoms with Crippen molar-refractivity contribution in [1.82, 2.24) is 15.2 Å². The van der Waals surface area contributed by atoms with E-state index < -0.39 is 0 Å². The van der Waals surface area contributed by atoms with Crippen LogP contribution in [0.15, 0.2) is 18.3 Å². The highest BCUT2D eigenvalue weighted by molar-refractivity contribution is 5.94. The Morgan fingerprint density at radius 3 is 2.62 bits per heavy atom. The van der Waals surface area contributed by atoms with Crippen molar-refractivity contribution in [3.63, 3.8) is 0 Å². The monoisotopic (exact) mass is 362 g/mol. The molecule has 0 unspecified atom stereocenters. The van der Waals surface area contributed by atoms with Crippen LogP contribution < -0.4 is 10.6 Å². The number of nitrogens with zero attached hydrogens (tertiary/aromatic N) is 2. The molecule has 0 radical (unpaired) electrons. The number of carbonyl (C=O) groups excluding carboxylic acids is 2. The highest BCUT2D eigenvalue weighted by atomic mass is 16.6. The van der Waals surface area contributed by atoms with Crippen LogP contribution in [0.3, 0.4) is 0 Å². The molecule has 0 atom stereocenters. The minimum Gasteiger partial charge on any atom is -0.450 e. The summed E-state index contributed by atoms with van der Waals surface area (Å²) in [6.07, 6.45) is 3.86. The molecule has 1 aliphatic rings. The average Bonchev–Trinajstić information content (AvgIpc) is 2.63. The molecular weight excluding hydrogens is 332 g/mol. The Balaban J connectivity index is 1.77. The standard InChI is InChI=1S/C19H30N4O3/c1-4-26-19(25)23-11-8-16(9-12-23)22-18(24)15-5-6-17(21-13-15)20-10-7-14(2)3/h5-6,13-14,16H,4,7-12H2,1-3H3,(H,20,21)(H,22,24). The predicted molar refractivity (Wildman–Crippen MR) is 101 cm³/mol. The lowest BCUT2D eigenvalue weighted by Gasteiger charge is -2.31. The number of nitrogens with one attached hydrogen (secondary N) is 2. The average molecular weight is 362 g/mol. The van der Waals surface area contributed by atoms with Gasteiger partial charge in [0.1, 0.15) is 5.82 Å². The van der Waals surface area contributed by atoms with Crippen LogP contribution in [0, 0.1) is 5.92 Å². The number of carbonyl (C=O) groups is 2. The van der Waals surface area contributed by atoms with Gasteiger partial charge in [-0.2, -0.15) is 0 Å². The molecule has 1 saturated heterocycles. The minimum atomic E-state index is -0.276. The van der Waals surface area contributed by atoms with Gasteiger partial charge in [-0.1, -0.05) is 13.8 Å². The molecule has 2 N–H and O–H groups in total. The molecule has 0 bridgehead atoms. The van der Waals surface area contributed by atoms with Crippen LogP contribution >= 0.6 is 0 Å². The quantitative estimate of drug-likeness (QED) is 0.779. The first-order chi connectivity index (χ1) is 12.5. The van der Waals surface area contributed by atoms with Crippen LogP contribution in [0.1, 0.15) is 50.4 Å². The molecule has 144 valence electrons. The van der Waals surface area contributed by atoms with E-state index >= 15 is 0 Å². The SMILES string of the molecule is CCOC(=O)N1CCC(NC(=O)c2ccc(NCCC(C)C)nc2)CC1. The Bertz CT molecular complexity index is 581. The van der Waals surface area contributed by atoms with Crippen LogP contribution in [-0.4, -0.2) is 54.2 Å². The van der Waals surface area contributed by atoms with Crippen molar-refractivity contribution in [3.8, 4) is 0 Å². The van der Waals surface area contributed by atoms with Crippen molar-refractivity contribution < 1.29 is 14.3 Å². The third kappa shape index (κ3) is 6.20. The molecule has 7 heteroatoms. The first kappa shape index (κ1) is 20.0. The van der Waals surface area contributed by atoms with Gasteiger partial charge < -0.3 is 20.3 Å². The molecule has 26 heavy (non-hydrogen) atoms. The number of piperidine rings is 1. The molecule has 0 aliphatic carbocycles. The predicted octanol–water partition coefficient (Wildman–Crippen LogP) is 2.89. The Hall–Kier alpha value is -2.31. The summed E-state index contributed by atoms with van der Waals surface area (Å²) in [7, 11) is 0. The maximum Gasteiger partial charge on any atom is 0.409 e. The summed E-state index contributed by atoms with van der Waals surface area (Å²) in [5, 5.41) is 6.28. The number of hydrogen-bond donors (Lipinski definition) is 2. The summed E-state index contributed by atoms with van der Waals surface area (Å²) < 4.78 is 5.00. The number of amides is 2. The molecule has 1 fully saturated rings. The molecule has 0 saturated carbocycles. The van der Waals surface area contributed by atoms with E-state index in [2.05, 4.69) is 29.5 Å². The summed E-state index contributed by atoms with van der Waals surface area (Å²) in [6.45, 7) is 8.60. The zero-order chi connectivity index (χ0) is 18.9. The Labute approximate surface area is 155 Å². The number of hydrogen-bond acceptors (Lipinski definition) is 5. The van der Waals surface area contributed by atoms with Gasteiger partial charge in [0.05, 0.1) is 12.2 Å². The molecule has 2 heterocycles. The van der Waals surface area contributed by atoms with Gasteiger partial charge in [0.15, 0.2) is 0 Å². The fourth-order valence-corrected chi connectivity index (χ4v) is 2.81. The maximum absolute atomic E-state index is 12.4. The normalized spacial score (nSPS) is 15.0. The lowest BCUT2D eigenvalue weighted by Crippen LogP contribution is -2.46. The van der Waals surface area contributed by atoms with Crippen LogP contribution in [-0.2, 0) is 4.74 Å². The van der Waals surface area contributed by atoms with Gasteiger partial charge in [0.25, 0.3) is 5.91 Å². The van der Waals surface area contributed by atoms with Crippen LogP contribution in [0.4, 0.5) is 10.6 Å². The maximum atomic E-state index is 12.4. The van der Waals surface area contributed by atoms with Gasteiger partial charge in [-0.3, -0.25) is 4.79 Å². The second-order valence-corrected chi connectivity index (χ2v) is 6.98. The number of aromatic nitrogens is 1. The molecule has 1 aromatic rings. The zero-order valence-corrected chi connectivity index (χ0v) is 16.0. The summed E-state index contributed by atoms with van der Waals surface area (Å²) >= 11 is 0. The largest absolute Gasteiger partial charge is 0.450 e. The van der Waals surface area contributed by atoms with Crippen LogP contribution in [0.2, 0.25) is 0 Å². The van der Waals surface area contributed by atoms with Gasteiger partial charge in [-0.05, 0) is 44.2 Å². The van der Waals surface area contributed by atoms with E-state index in [0.29, 0.717) is 31.2 Å². The molecule has 0 aromatic carbocycles. The minimum absolute atomic E-state index is 0.0667. The van der Waals surface area contributed by atoms with E-state index in [1.165, 1.54) is 0 Å². The molecule has 0 spiro atoms. The molecule has 1 aromatic heterocycles. The lowest BCUT2D eigenvalue weighted by molar-refractivity contribution is 0.0860. The van der Waals surface area contributed by atoms with Crippen LogP contribution in [0.25, 0.3) is 0 Å². The molecule has 2 rings (SSSR count). The summed E-state index contributed by atoms with van der Waals surface area (Å²) in [5.74, 6) is 1.30. The van der Waals surface area contributed by atoms with Gasteiger partial charge in [0, 0.05) is 31.9 Å². The van der Waals surface area contributed by atoms with Gasteiger partial charge >= 0.3 is 6.09 Å². The topological polar surface area (TPSA) is 83.6 Å². The fourth-order valence-electron chi connectivity index (χ4n) is 2.81. The lowest BCUT2D eigenvalue weighted by atomic mass is 10.0. The number of ether oxygens (including phenoxy) is 1. The highest BCUT2D eigenvalue weighted by Gasteiger charge is 2.24. The van der Waals surface area contributed by atoms with Crippen molar-refractivity contribution in [3.05, 3.63) is 23.9 Å². The van der Waals surface area contributed by atoms with Crippen molar-refractivity contribution in [2.45, 2.75) is 46.1 Å². The van der Waals surface area contributed by atoms with Gasteiger partial charge in [0.2, 0.25) is 0 Å². The number of pyridine rings is 1. The van der Waals surface area contributed by atoms with Crippen molar-refractivity contribution in [2.24, 2.45) is 5.92 Å². The Morgan fingerprint density at radius 1 is 1.31 bits per heavy atom. The second kappa shape index (κ2) is 9.99. The first-order valence-electron chi connectivity index (χ1n) is 9.42. The number of likely N-dealkylation sites (tertiary alicyclic amines) is 1. The smallest absolute Gasteiger partial charge is 0.409 e. The third-order valence-electron chi connectivity index (χ3n) is 4.41. The second-order valence-electron chi connectivity index (χ2n) is 6.98. The third-order valence-corrected chi connectivity index (χ3v) is 4.41.